The highest BCUT2D eigenvalue weighted by molar-refractivity contribution is 7.91. The molecule has 4 rings (SSSR count). The number of nitrogens with one attached hydrogen (secondary N) is 1. The Balaban J connectivity index is 1.57. The number of halogens is 1. The summed E-state index contributed by atoms with van der Waals surface area (Å²) in [6, 6.07) is 13.9. The van der Waals surface area contributed by atoms with Gasteiger partial charge in [0, 0.05) is 16.7 Å². The summed E-state index contributed by atoms with van der Waals surface area (Å²) < 4.78 is 37.2. The van der Waals surface area contributed by atoms with E-state index >= 15 is 0 Å². The van der Waals surface area contributed by atoms with Crippen molar-refractivity contribution in [2.24, 2.45) is 0 Å². The van der Waals surface area contributed by atoms with Gasteiger partial charge in [0.25, 0.3) is 5.91 Å². The molecule has 8 nitrogen and oxygen atoms in total. The number of hydrogen-bond donors (Lipinski definition) is 1. The fourth-order valence-electron chi connectivity index (χ4n) is 3.93. The van der Waals surface area contributed by atoms with Crippen LogP contribution in [0.15, 0.2) is 48.5 Å². The van der Waals surface area contributed by atoms with E-state index in [1.54, 1.807) is 35.0 Å². The summed E-state index contributed by atoms with van der Waals surface area (Å²) in [5.74, 6) is 1.42. The summed E-state index contributed by atoms with van der Waals surface area (Å²) in [5.41, 5.74) is 2.42. The molecule has 2 aromatic carbocycles. The van der Waals surface area contributed by atoms with Crippen LogP contribution in [0.5, 0.6) is 11.5 Å². The number of sulfone groups is 1. The standard InChI is InChI=1S/C25H28ClN3O5S/c1-16(2)34-23-9-4-18(12-17(23)3)22-13-24(29(28-22)20-10-11-35(31,32)15-20)27-25(30)14-33-21-7-5-19(26)6-8-21/h4-9,12-13,16,20H,10-11,14-15H2,1-3H3,(H,27,30). The SMILES string of the molecule is Cc1cc(-c2cc(NC(=O)COc3ccc(Cl)cc3)n(C3CCS(=O)(=O)C3)n2)ccc1OC(C)C. The smallest absolute Gasteiger partial charge is 0.263 e. The quantitative estimate of drug-likeness (QED) is 0.466. The van der Waals surface area contributed by atoms with Crippen LogP contribution in [-0.2, 0) is 14.6 Å². The number of ether oxygens (including phenoxy) is 2. The first kappa shape index (κ1) is 25.1. The Bertz CT molecular complexity index is 1320. The third-order valence-corrected chi connectivity index (χ3v) is 7.58. The number of hydrogen-bond acceptors (Lipinski definition) is 6. The number of rotatable bonds is 8. The largest absolute Gasteiger partial charge is 0.491 e. The van der Waals surface area contributed by atoms with E-state index in [0.717, 1.165) is 16.9 Å². The van der Waals surface area contributed by atoms with Gasteiger partial charge < -0.3 is 14.8 Å². The molecule has 10 heteroatoms. The van der Waals surface area contributed by atoms with E-state index in [-0.39, 0.29) is 36.2 Å². The number of nitrogens with zero attached hydrogens (tertiary/aromatic N) is 2. The van der Waals surface area contributed by atoms with E-state index in [4.69, 9.17) is 21.1 Å². The predicted molar refractivity (Wildman–Crippen MR) is 136 cm³/mol. The van der Waals surface area contributed by atoms with E-state index in [1.807, 2.05) is 39.0 Å². The van der Waals surface area contributed by atoms with Crippen molar-refractivity contribution in [1.82, 2.24) is 9.78 Å². The molecule has 1 amide bonds. The summed E-state index contributed by atoms with van der Waals surface area (Å²) in [5, 5.41) is 8.08. The van der Waals surface area contributed by atoms with Gasteiger partial charge in [-0.1, -0.05) is 11.6 Å². The number of aromatic nitrogens is 2. The van der Waals surface area contributed by atoms with Crippen molar-refractivity contribution in [3.8, 4) is 22.8 Å². The molecule has 0 spiro atoms. The molecule has 0 saturated carbocycles. The average Bonchev–Trinajstić information content (AvgIpc) is 3.37. The maximum atomic E-state index is 12.7. The number of carbonyl (C=O) groups excluding carboxylic acids is 1. The van der Waals surface area contributed by atoms with Crippen LogP contribution in [-0.4, -0.2) is 48.3 Å². The molecule has 2 heterocycles. The molecule has 186 valence electrons. The number of amides is 1. The van der Waals surface area contributed by atoms with Crippen LogP contribution >= 0.6 is 11.6 Å². The zero-order valence-electron chi connectivity index (χ0n) is 19.8. The van der Waals surface area contributed by atoms with E-state index in [1.165, 1.54) is 0 Å². The normalized spacial score (nSPS) is 16.9. The Morgan fingerprint density at radius 2 is 1.94 bits per heavy atom. The molecule has 35 heavy (non-hydrogen) atoms. The molecule has 1 N–H and O–H groups in total. The van der Waals surface area contributed by atoms with Gasteiger partial charge in [-0.3, -0.25) is 4.79 Å². The van der Waals surface area contributed by atoms with Crippen LogP contribution in [0.1, 0.15) is 31.9 Å². The minimum absolute atomic E-state index is 0.0154. The third-order valence-electron chi connectivity index (χ3n) is 5.57. The van der Waals surface area contributed by atoms with Crippen LogP contribution in [0.25, 0.3) is 11.3 Å². The molecule has 1 fully saturated rings. The summed E-state index contributed by atoms with van der Waals surface area (Å²) in [6.07, 6.45) is 0.494. The van der Waals surface area contributed by atoms with Crippen LogP contribution in [0, 0.1) is 6.92 Å². The van der Waals surface area contributed by atoms with E-state index in [0.29, 0.717) is 28.7 Å². The topological polar surface area (TPSA) is 99.5 Å². The van der Waals surface area contributed by atoms with Crippen molar-refractivity contribution in [1.29, 1.82) is 0 Å². The first-order chi connectivity index (χ1) is 16.6. The fraction of sp³-hybridized carbons (Fsp3) is 0.360. The molecule has 0 aliphatic carbocycles. The fourth-order valence-corrected chi connectivity index (χ4v) is 5.75. The third kappa shape index (κ3) is 6.35. The van der Waals surface area contributed by atoms with Gasteiger partial charge in [-0.15, -0.1) is 0 Å². The van der Waals surface area contributed by atoms with E-state index in [9.17, 15) is 13.2 Å². The lowest BCUT2D eigenvalue weighted by molar-refractivity contribution is -0.118. The van der Waals surface area contributed by atoms with Crippen molar-refractivity contribution in [2.45, 2.75) is 39.3 Å². The monoisotopic (exact) mass is 517 g/mol. The highest BCUT2D eigenvalue weighted by Gasteiger charge is 2.32. The summed E-state index contributed by atoms with van der Waals surface area (Å²) in [4.78, 5) is 12.7. The summed E-state index contributed by atoms with van der Waals surface area (Å²) in [7, 11) is -3.14. The Hall–Kier alpha value is -3.04. The van der Waals surface area contributed by atoms with Crippen molar-refractivity contribution in [2.75, 3.05) is 23.4 Å². The van der Waals surface area contributed by atoms with Crippen molar-refractivity contribution in [3.63, 3.8) is 0 Å². The molecule has 1 aliphatic heterocycles. The van der Waals surface area contributed by atoms with Gasteiger partial charge in [0.15, 0.2) is 16.4 Å². The van der Waals surface area contributed by atoms with Crippen LogP contribution < -0.4 is 14.8 Å². The van der Waals surface area contributed by atoms with Gasteiger partial charge in [-0.05, 0) is 75.2 Å². The average molecular weight is 518 g/mol. The Morgan fingerprint density at radius 1 is 1.20 bits per heavy atom. The van der Waals surface area contributed by atoms with Gasteiger partial charge in [0.1, 0.15) is 17.3 Å². The maximum absolute atomic E-state index is 12.7. The lowest BCUT2D eigenvalue weighted by Gasteiger charge is -2.14. The van der Waals surface area contributed by atoms with Crippen LogP contribution in [0.4, 0.5) is 5.82 Å². The zero-order valence-corrected chi connectivity index (χ0v) is 21.4. The number of anilines is 1. The maximum Gasteiger partial charge on any atom is 0.263 e. The molecule has 0 radical (unpaired) electrons. The van der Waals surface area contributed by atoms with Gasteiger partial charge in [-0.25, -0.2) is 13.1 Å². The minimum atomic E-state index is -3.14. The Labute approximate surface area is 210 Å². The zero-order chi connectivity index (χ0) is 25.2. The van der Waals surface area contributed by atoms with Gasteiger partial charge in [0.2, 0.25) is 0 Å². The molecule has 1 aliphatic rings. The van der Waals surface area contributed by atoms with Crippen molar-refractivity contribution in [3.05, 3.63) is 59.1 Å². The van der Waals surface area contributed by atoms with Crippen LogP contribution in [0.2, 0.25) is 5.02 Å². The van der Waals surface area contributed by atoms with E-state index < -0.39 is 9.84 Å². The number of benzene rings is 2. The molecule has 1 saturated heterocycles. The van der Waals surface area contributed by atoms with Crippen LogP contribution in [0.3, 0.4) is 0 Å². The van der Waals surface area contributed by atoms with Gasteiger partial charge in [0.05, 0.1) is 29.3 Å². The first-order valence-electron chi connectivity index (χ1n) is 11.4. The van der Waals surface area contributed by atoms with Crippen molar-refractivity contribution >= 4 is 33.2 Å². The second-order valence-corrected chi connectivity index (χ2v) is 11.5. The number of carbonyl (C=O) groups is 1. The van der Waals surface area contributed by atoms with Crippen molar-refractivity contribution < 1.29 is 22.7 Å². The Morgan fingerprint density at radius 3 is 2.57 bits per heavy atom. The predicted octanol–water partition coefficient (Wildman–Crippen LogP) is 4.68. The molecule has 3 aromatic rings. The molecular formula is C25H28ClN3O5S. The highest BCUT2D eigenvalue weighted by atomic mass is 35.5. The van der Waals surface area contributed by atoms with E-state index in [2.05, 4.69) is 10.4 Å². The first-order valence-corrected chi connectivity index (χ1v) is 13.6. The second-order valence-electron chi connectivity index (χ2n) is 8.85. The molecule has 1 unspecified atom stereocenters. The summed E-state index contributed by atoms with van der Waals surface area (Å²) >= 11 is 5.88. The summed E-state index contributed by atoms with van der Waals surface area (Å²) in [6.45, 7) is 5.68. The molecular weight excluding hydrogens is 490 g/mol. The van der Waals surface area contributed by atoms with Gasteiger partial charge in [-0.2, -0.15) is 5.10 Å². The molecule has 1 aromatic heterocycles. The number of aryl methyl sites for hydroxylation is 1. The lowest BCUT2D eigenvalue weighted by Crippen LogP contribution is -2.23. The molecule has 0 bridgehead atoms. The Kier molecular flexibility index (Phi) is 7.37. The molecule has 1 atom stereocenters. The second kappa shape index (κ2) is 10.3. The lowest BCUT2D eigenvalue weighted by atomic mass is 10.1. The van der Waals surface area contributed by atoms with Gasteiger partial charge >= 0.3 is 0 Å². The minimum Gasteiger partial charge on any atom is -0.491 e. The highest BCUT2D eigenvalue weighted by Crippen LogP contribution is 2.32.